The molecule has 1 amide bonds. The number of nitrogens with zero attached hydrogens (tertiary/aromatic N) is 1. The second-order valence-electron chi connectivity index (χ2n) is 6.76. The molecule has 2 N–H and O–H groups in total. The molecule has 0 atom stereocenters. The van der Waals surface area contributed by atoms with Crippen LogP contribution >= 0.6 is 12.4 Å². The third kappa shape index (κ3) is 3.82. The highest BCUT2D eigenvalue weighted by atomic mass is 35.5. The van der Waals surface area contributed by atoms with E-state index in [1.807, 2.05) is 24.3 Å². The lowest BCUT2D eigenvalue weighted by molar-refractivity contribution is 0.0593. The van der Waals surface area contributed by atoms with E-state index >= 15 is 0 Å². The van der Waals surface area contributed by atoms with E-state index < -0.39 is 0 Å². The summed E-state index contributed by atoms with van der Waals surface area (Å²) in [6.07, 6.45) is 7.21. The Kier molecular flexibility index (Phi) is 5.87. The molecule has 122 valence electrons. The molecule has 2 fully saturated rings. The average Bonchev–Trinajstić information content (AvgIpc) is 3.34. The molecule has 3 rings (SSSR count). The van der Waals surface area contributed by atoms with E-state index in [-0.39, 0.29) is 18.3 Å². The number of amides is 1. The van der Waals surface area contributed by atoms with E-state index in [1.54, 1.807) is 0 Å². The molecule has 0 radical (unpaired) electrons. The van der Waals surface area contributed by atoms with Gasteiger partial charge < -0.3 is 10.6 Å². The van der Waals surface area contributed by atoms with Gasteiger partial charge >= 0.3 is 0 Å². The van der Waals surface area contributed by atoms with Gasteiger partial charge in [0.25, 0.3) is 5.91 Å². The summed E-state index contributed by atoms with van der Waals surface area (Å²) in [5.41, 5.74) is 7.53. The van der Waals surface area contributed by atoms with E-state index in [1.165, 1.54) is 38.5 Å². The van der Waals surface area contributed by atoms with Crippen LogP contribution in [0.25, 0.3) is 0 Å². The quantitative estimate of drug-likeness (QED) is 0.917. The maximum absolute atomic E-state index is 12.9. The number of benzene rings is 1. The average molecular weight is 323 g/mol. The lowest BCUT2D eigenvalue weighted by atomic mass is 9.86. The summed E-state index contributed by atoms with van der Waals surface area (Å²) in [4.78, 5) is 15.1. The lowest BCUT2D eigenvalue weighted by Crippen LogP contribution is -2.43. The highest BCUT2D eigenvalue weighted by Gasteiger charge is 2.38. The van der Waals surface area contributed by atoms with Gasteiger partial charge in [0.2, 0.25) is 0 Å². The minimum Gasteiger partial charge on any atom is -0.333 e. The molecule has 0 spiro atoms. The molecule has 2 saturated carbocycles. The second-order valence-corrected chi connectivity index (χ2v) is 6.76. The standard InChI is InChI=1S/C18H26N2O.ClH/c1-13-2-8-16(9-3-13)20(17-10-11-17)18(21)15-6-4-14(12-19)5-7-15;/h4-7,13,16-17H,2-3,8-12,19H2,1H3;1H. The van der Waals surface area contributed by atoms with Crippen LogP contribution in [0.4, 0.5) is 0 Å². The molecule has 0 saturated heterocycles. The van der Waals surface area contributed by atoms with Crippen LogP contribution in [0.5, 0.6) is 0 Å². The Bertz CT molecular complexity index is 490. The molecule has 0 bridgehead atoms. The molecule has 22 heavy (non-hydrogen) atoms. The molecular weight excluding hydrogens is 296 g/mol. The van der Waals surface area contributed by atoms with Crippen LogP contribution in [0, 0.1) is 5.92 Å². The highest BCUT2D eigenvalue weighted by Crippen LogP contribution is 2.36. The SMILES string of the molecule is CC1CCC(N(C(=O)c2ccc(CN)cc2)C2CC2)CC1.Cl. The summed E-state index contributed by atoms with van der Waals surface area (Å²) < 4.78 is 0. The van der Waals surface area contributed by atoms with Crippen molar-refractivity contribution >= 4 is 18.3 Å². The minimum absolute atomic E-state index is 0. The van der Waals surface area contributed by atoms with Crippen molar-refractivity contribution in [2.45, 2.75) is 64.1 Å². The fourth-order valence-corrected chi connectivity index (χ4v) is 3.44. The monoisotopic (exact) mass is 322 g/mol. The summed E-state index contributed by atoms with van der Waals surface area (Å²) in [7, 11) is 0. The number of rotatable bonds is 4. The first kappa shape index (κ1) is 17.3. The first-order valence-corrected chi connectivity index (χ1v) is 8.30. The van der Waals surface area contributed by atoms with Crippen LogP contribution < -0.4 is 5.73 Å². The maximum atomic E-state index is 12.9. The van der Waals surface area contributed by atoms with Crippen molar-refractivity contribution in [2.24, 2.45) is 11.7 Å². The van der Waals surface area contributed by atoms with Gasteiger partial charge in [0.05, 0.1) is 0 Å². The summed E-state index contributed by atoms with van der Waals surface area (Å²) in [6.45, 7) is 2.85. The fourth-order valence-electron chi connectivity index (χ4n) is 3.44. The largest absolute Gasteiger partial charge is 0.333 e. The van der Waals surface area contributed by atoms with Crippen LogP contribution in [0.1, 0.15) is 61.4 Å². The zero-order valence-corrected chi connectivity index (χ0v) is 14.1. The van der Waals surface area contributed by atoms with E-state index in [2.05, 4.69) is 11.8 Å². The Morgan fingerprint density at radius 3 is 2.00 bits per heavy atom. The maximum Gasteiger partial charge on any atom is 0.254 e. The molecule has 1 aromatic carbocycles. The van der Waals surface area contributed by atoms with Crippen molar-refractivity contribution in [3.05, 3.63) is 35.4 Å². The molecule has 2 aliphatic rings. The van der Waals surface area contributed by atoms with Crippen LogP contribution in [-0.2, 0) is 6.54 Å². The smallest absolute Gasteiger partial charge is 0.254 e. The molecule has 0 unspecified atom stereocenters. The number of halogens is 1. The van der Waals surface area contributed by atoms with Gasteiger partial charge in [0.15, 0.2) is 0 Å². The molecule has 3 nitrogen and oxygen atoms in total. The molecule has 0 heterocycles. The van der Waals surface area contributed by atoms with Crippen molar-refractivity contribution in [3.63, 3.8) is 0 Å². The Hall–Kier alpha value is -1.06. The summed E-state index contributed by atoms with van der Waals surface area (Å²) in [5, 5.41) is 0. The molecular formula is C18H27ClN2O. The molecule has 1 aromatic rings. The van der Waals surface area contributed by atoms with E-state index in [0.717, 1.165) is 17.0 Å². The zero-order chi connectivity index (χ0) is 14.8. The Balaban J connectivity index is 0.00000176. The van der Waals surface area contributed by atoms with Crippen molar-refractivity contribution in [3.8, 4) is 0 Å². The van der Waals surface area contributed by atoms with Crippen molar-refractivity contribution in [1.29, 1.82) is 0 Å². The number of carbonyl (C=O) groups is 1. The van der Waals surface area contributed by atoms with Gasteiger partial charge in [-0.05, 0) is 62.1 Å². The summed E-state index contributed by atoms with van der Waals surface area (Å²) in [6, 6.07) is 8.76. The van der Waals surface area contributed by atoms with Crippen LogP contribution in [0.2, 0.25) is 0 Å². The van der Waals surface area contributed by atoms with Crippen molar-refractivity contribution in [2.75, 3.05) is 0 Å². The molecule has 0 aliphatic heterocycles. The number of hydrogen-bond acceptors (Lipinski definition) is 2. The minimum atomic E-state index is 0. The van der Waals surface area contributed by atoms with Gasteiger partial charge in [-0.15, -0.1) is 12.4 Å². The van der Waals surface area contributed by atoms with Crippen molar-refractivity contribution < 1.29 is 4.79 Å². The van der Waals surface area contributed by atoms with Crippen LogP contribution in [0.3, 0.4) is 0 Å². The molecule has 0 aromatic heterocycles. The third-order valence-electron chi connectivity index (χ3n) is 4.99. The number of carbonyl (C=O) groups excluding carboxylic acids is 1. The molecule has 4 heteroatoms. The Morgan fingerprint density at radius 1 is 1.05 bits per heavy atom. The Morgan fingerprint density at radius 2 is 1.55 bits per heavy atom. The van der Waals surface area contributed by atoms with Gasteiger partial charge in [-0.1, -0.05) is 19.1 Å². The van der Waals surface area contributed by atoms with Gasteiger partial charge in [0.1, 0.15) is 0 Å². The zero-order valence-electron chi connectivity index (χ0n) is 13.3. The van der Waals surface area contributed by atoms with Gasteiger partial charge in [-0.25, -0.2) is 0 Å². The fraction of sp³-hybridized carbons (Fsp3) is 0.611. The van der Waals surface area contributed by atoms with E-state index in [9.17, 15) is 4.79 Å². The normalized spacial score (nSPS) is 24.5. The predicted molar refractivity (Wildman–Crippen MR) is 92.2 cm³/mol. The molecule has 2 aliphatic carbocycles. The van der Waals surface area contributed by atoms with Gasteiger partial charge in [-0.2, -0.15) is 0 Å². The van der Waals surface area contributed by atoms with Gasteiger partial charge in [0, 0.05) is 24.2 Å². The second kappa shape index (κ2) is 7.47. The topological polar surface area (TPSA) is 46.3 Å². The first-order chi connectivity index (χ1) is 10.2. The summed E-state index contributed by atoms with van der Waals surface area (Å²) >= 11 is 0. The first-order valence-electron chi connectivity index (χ1n) is 8.30. The van der Waals surface area contributed by atoms with Crippen molar-refractivity contribution in [1.82, 2.24) is 4.90 Å². The van der Waals surface area contributed by atoms with Crippen LogP contribution in [-0.4, -0.2) is 22.9 Å². The van der Waals surface area contributed by atoms with Gasteiger partial charge in [-0.3, -0.25) is 4.79 Å². The summed E-state index contributed by atoms with van der Waals surface area (Å²) in [5.74, 6) is 1.04. The van der Waals surface area contributed by atoms with Crippen LogP contribution in [0.15, 0.2) is 24.3 Å². The number of nitrogens with two attached hydrogens (primary N) is 1. The van der Waals surface area contributed by atoms with E-state index in [4.69, 9.17) is 5.73 Å². The predicted octanol–water partition coefficient (Wildman–Crippen LogP) is 3.75. The third-order valence-corrected chi connectivity index (χ3v) is 4.99. The highest BCUT2D eigenvalue weighted by molar-refractivity contribution is 5.95. The number of hydrogen-bond donors (Lipinski definition) is 1. The lowest BCUT2D eigenvalue weighted by Gasteiger charge is -2.36. The van der Waals surface area contributed by atoms with E-state index in [0.29, 0.717) is 18.6 Å². The Labute approximate surface area is 139 Å².